The van der Waals surface area contributed by atoms with Crippen molar-refractivity contribution in [1.82, 2.24) is 9.80 Å². The van der Waals surface area contributed by atoms with E-state index in [1.165, 1.54) is 0 Å². The van der Waals surface area contributed by atoms with Gasteiger partial charge < -0.3 is 9.80 Å². The van der Waals surface area contributed by atoms with Gasteiger partial charge in [-0.2, -0.15) is 0 Å². The minimum absolute atomic E-state index is 0.0262. The largest absolute Gasteiger partial charge is 0.339 e. The Labute approximate surface area is 173 Å². The number of likely N-dealkylation sites (tertiary alicyclic amines) is 2. The summed E-state index contributed by atoms with van der Waals surface area (Å²) in [5.74, 6) is 0.419. The average Bonchev–Trinajstić information content (AvgIpc) is 3.34. The lowest BCUT2D eigenvalue weighted by Gasteiger charge is -2.37. The van der Waals surface area contributed by atoms with Crippen molar-refractivity contribution in [3.05, 3.63) is 34.9 Å². The quantitative estimate of drug-likeness (QED) is 0.786. The van der Waals surface area contributed by atoms with Gasteiger partial charge in [-0.15, -0.1) is 0 Å². The molecule has 1 aliphatic carbocycles. The number of amides is 2. The highest BCUT2D eigenvalue weighted by molar-refractivity contribution is 5.95. The van der Waals surface area contributed by atoms with E-state index in [4.69, 9.17) is 0 Å². The fourth-order valence-electron chi connectivity index (χ4n) is 5.61. The topological polar surface area (TPSA) is 57.7 Å². The first-order chi connectivity index (χ1) is 13.9. The number of hydrogen-bond donors (Lipinski definition) is 0. The van der Waals surface area contributed by atoms with E-state index in [1.54, 1.807) is 0 Å². The number of Topliss-reactive ketones (excluding diaryl/α,β-unsaturated/α-hetero) is 1. The second-order valence-electron chi connectivity index (χ2n) is 9.17. The van der Waals surface area contributed by atoms with Crippen LogP contribution in [0, 0.1) is 25.7 Å². The number of aryl methyl sites for hydroxylation is 2. The summed E-state index contributed by atoms with van der Waals surface area (Å²) in [6, 6.07) is 6.02. The smallest absolute Gasteiger partial charge is 0.253 e. The molecule has 3 aliphatic rings. The summed E-state index contributed by atoms with van der Waals surface area (Å²) in [6.45, 7) is 5.97. The van der Waals surface area contributed by atoms with Crippen molar-refractivity contribution >= 4 is 17.6 Å². The van der Waals surface area contributed by atoms with E-state index < -0.39 is 0 Å². The highest BCUT2D eigenvalue weighted by atomic mass is 16.2. The summed E-state index contributed by atoms with van der Waals surface area (Å²) in [7, 11) is 0. The molecule has 2 heterocycles. The molecule has 5 heteroatoms. The molecular weight excluding hydrogens is 364 g/mol. The van der Waals surface area contributed by atoms with Crippen LogP contribution in [0.15, 0.2) is 18.2 Å². The Kier molecular flexibility index (Phi) is 5.75. The molecule has 0 bridgehead atoms. The third-order valence-electron chi connectivity index (χ3n) is 6.93. The summed E-state index contributed by atoms with van der Waals surface area (Å²) in [5, 5.41) is 0. The van der Waals surface area contributed by atoms with Crippen LogP contribution in [-0.4, -0.2) is 53.1 Å². The molecule has 2 saturated heterocycles. The van der Waals surface area contributed by atoms with E-state index in [0.29, 0.717) is 30.9 Å². The highest BCUT2D eigenvalue weighted by Crippen LogP contribution is 2.35. The number of carbonyl (C=O) groups excluding carboxylic acids is 3. The van der Waals surface area contributed by atoms with Gasteiger partial charge in [0.2, 0.25) is 5.91 Å². The molecule has 3 fully saturated rings. The molecule has 29 heavy (non-hydrogen) atoms. The number of rotatable bonds is 3. The van der Waals surface area contributed by atoms with Crippen LogP contribution in [0.25, 0.3) is 0 Å². The summed E-state index contributed by atoms with van der Waals surface area (Å²) in [5.41, 5.74) is 2.88. The fraction of sp³-hybridized carbons (Fsp3) is 0.625. The second kappa shape index (κ2) is 8.29. The molecule has 1 aromatic rings. The Morgan fingerprint density at radius 2 is 1.66 bits per heavy atom. The maximum absolute atomic E-state index is 13.4. The third-order valence-corrected chi connectivity index (χ3v) is 6.93. The van der Waals surface area contributed by atoms with Gasteiger partial charge in [0.1, 0.15) is 5.78 Å². The Bertz CT molecular complexity index is 798. The lowest BCUT2D eigenvalue weighted by Crippen LogP contribution is -2.49. The predicted molar refractivity (Wildman–Crippen MR) is 112 cm³/mol. The van der Waals surface area contributed by atoms with Crippen LogP contribution in [0.2, 0.25) is 0 Å². The van der Waals surface area contributed by atoms with Crippen LogP contribution in [0.3, 0.4) is 0 Å². The molecule has 0 aromatic heterocycles. The number of hydrogen-bond acceptors (Lipinski definition) is 3. The first kappa shape index (κ1) is 20.1. The Morgan fingerprint density at radius 1 is 0.931 bits per heavy atom. The number of ketones is 1. The van der Waals surface area contributed by atoms with Crippen LogP contribution in [-0.2, 0) is 9.59 Å². The van der Waals surface area contributed by atoms with Crippen molar-refractivity contribution in [2.75, 3.05) is 19.6 Å². The molecule has 0 radical (unpaired) electrons. The van der Waals surface area contributed by atoms with Gasteiger partial charge in [-0.05, 0) is 64.5 Å². The van der Waals surface area contributed by atoms with Crippen LogP contribution >= 0.6 is 0 Å². The first-order valence-corrected chi connectivity index (χ1v) is 11.1. The Balaban J connectivity index is 1.45. The Morgan fingerprint density at radius 3 is 2.34 bits per heavy atom. The molecule has 5 nitrogen and oxygen atoms in total. The maximum atomic E-state index is 13.4. The van der Waals surface area contributed by atoms with E-state index in [1.807, 2.05) is 35.8 Å². The van der Waals surface area contributed by atoms with E-state index in [-0.39, 0.29) is 29.7 Å². The van der Waals surface area contributed by atoms with Gasteiger partial charge in [-0.25, -0.2) is 0 Å². The van der Waals surface area contributed by atoms with Gasteiger partial charge in [0.15, 0.2) is 0 Å². The van der Waals surface area contributed by atoms with Crippen molar-refractivity contribution in [2.45, 2.75) is 64.8 Å². The fourth-order valence-corrected chi connectivity index (χ4v) is 5.61. The molecule has 0 spiro atoms. The number of piperidine rings is 1. The van der Waals surface area contributed by atoms with Gasteiger partial charge >= 0.3 is 0 Å². The molecule has 0 N–H and O–H groups in total. The lowest BCUT2D eigenvalue weighted by atomic mass is 9.92. The van der Waals surface area contributed by atoms with Crippen molar-refractivity contribution in [3.8, 4) is 0 Å². The van der Waals surface area contributed by atoms with Crippen LogP contribution in [0.1, 0.15) is 66.4 Å². The molecule has 2 aliphatic heterocycles. The molecule has 1 saturated carbocycles. The monoisotopic (exact) mass is 396 g/mol. The molecule has 156 valence electrons. The summed E-state index contributed by atoms with van der Waals surface area (Å²) >= 11 is 0. The van der Waals surface area contributed by atoms with E-state index in [2.05, 4.69) is 6.07 Å². The minimum atomic E-state index is -0.143. The van der Waals surface area contributed by atoms with E-state index in [9.17, 15) is 14.4 Å². The van der Waals surface area contributed by atoms with Crippen molar-refractivity contribution in [3.63, 3.8) is 0 Å². The zero-order valence-corrected chi connectivity index (χ0v) is 17.7. The molecule has 2 amide bonds. The first-order valence-electron chi connectivity index (χ1n) is 11.1. The SMILES string of the molecule is Cc1cc(C)cc(C(=O)N2CCC[C@H](C(=O)N3CCC[C@H]3[C@@H]3CCCC3=O)C2)c1. The van der Waals surface area contributed by atoms with Gasteiger partial charge in [0.05, 0.1) is 5.92 Å². The van der Waals surface area contributed by atoms with E-state index >= 15 is 0 Å². The lowest BCUT2D eigenvalue weighted by molar-refractivity contribution is -0.139. The zero-order valence-electron chi connectivity index (χ0n) is 17.7. The normalized spacial score (nSPS) is 27.5. The molecule has 0 unspecified atom stereocenters. The van der Waals surface area contributed by atoms with Crippen LogP contribution < -0.4 is 0 Å². The molecular formula is C24H32N2O3. The molecule has 3 atom stereocenters. The number of carbonyl (C=O) groups is 3. The van der Waals surface area contributed by atoms with Crippen molar-refractivity contribution < 1.29 is 14.4 Å². The summed E-state index contributed by atoms with van der Waals surface area (Å²) in [4.78, 5) is 42.5. The van der Waals surface area contributed by atoms with Gasteiger partial charge in [-0.3, -0.25) is 14.4 Å². The van der Waals surface area contributed by atoms with Gasteiger partial charge in [-0.1, -0.05) is 17.2 Å². The number of nitrogens with zero attached hydrogens (tertiary/aromatic N) is 2. The predicted octanol–water partition coefficient (Wildman–Crippen LogP) is 3.52. The van der Waals surface area contributed by atoms with Crippen LogP contribution in [0.4, 0.5) is 0 Å². The van der Waals surface area contributed by atoms with Gasteiger partial charge in [0, 0.05) is 43.6 Å². The Hall–Kier alpha value is -2.17. The van der Waals surface area contributed by atoms with Gasteiger partial charge in [0.25, 0.3) is 5.91 Å². The van der Waals surface area contributed by atoms with Crippen LogP contribution in [0.5, 0.6) is 0 Å². The highest BCUT2D eigenvalue weighted by Gasteiger charge is 2.42. The summed E-state index contributed by atoms with van der Waals surface area (Å²) in [6.07, 6.45) is 6.17. The minimum Gasteiger partial charge on any atom is -0.339 e. The standard InChI is InChI=1S/C24H32N2O3/c1-16-12-17(2)14-19(13-16)23(28)25-10-4-6-18(15-25)24(29)26-11-5-8-21(26)20-7-3-9-22(20)27/h12-14,18,20-21H,3-11,15H2,1-2H3/t18-,20-,21-/m0/s1. The van der Waals surface area contributed by atoms with Crippen molar-refractivity contribution in [2.24, 2.45) is 11.8 Å². The average molecular weight is 397 g/mol. The summed E-state index contributed by atoms with van der Waals surface area (Å²) < 4.78 is 0. The van der Waals surface area contributed by atoms with E-state index in [0.717, 1.165) is 56.2 Å². The van der Waals surface area contributed by atoms with Crippen molar-refractivity contribution in [1.29, 1.82) is 0 Å². The number of benzene rings is 1. The molecule has 4 rings (SSSR count). The third kappa shape index (κ3) is 4.10. The second-order valence-corrected chi connectivity index (χ2v) is 9.17. The molecule has 1 aromatic carbocycles. The maximum Gasteiger partial charge on any atom is 0.253 e. The zero-order chi connectivity index (χ0) is 20.5.